The summed E-state index contributed by atoms with van der Waals surface area (Å²) in [5.41, 5.74) is 5.46. The van der Waals surface area contributed by atoms with Crippen molar-refractivity contribution in [2.24, 2.45) is 5.73 Å². The molecule has 0 amide bonds. The van der Waals surface area contributed by atoms with Crippen LogP contribution < -0.4 is 5.73 Å². The van der Waals surface area contributed by atoms with Gasteiger partial charge in [-0.25, -0.2) is 0 Å². The Balaban J connectivity index is 1.93. The van der Waals surface area contributed by atoms with E-state index in [2.05, 4.69) is 10.00 Å². The molecule has 0 aromatic carbocycles. The Hall–Kier alpha value is -0.910. The van der Waals surface area contributed by atoms with Gasteiger partial charge in [0.25, 0.3) is 0 Å². The molecule has 1 fully saturated rings. The van der Waals surface area contributed by atoms with E-state index in [0.29, 0.717) is 6.54 Å². The maximum absolute atomic E-state index is 9.90. The third-order valence-electron chi connectivity index (χ3n) is 2.88. The van der Waals surface area contributed by atoms with Crippen LogP contribution in [0.3, 0.4) is 0 Å². The summed E-state index contributed by atoms with van der Waals surface area (Å²) in [4.78, 5) is 2.24. The first-order valence-electron chi connectivity index (χ1n) is 5.41. The molecule has 0 aliphatic carbocycles. The molecule has 84 valence electrons. The maximum atomic E-state index is 9.90. The predicted octanol–water partition coefficient (Wildman–Crippen LogP) is -0.551. The molecular weight excluding hydrogens is 192 g/mol. The molecule has 15 heavy (non-hydrogen) atoms. The summed E-state index contributed by atoms with van der Waals surface area (Å²) in [7, 11) is 0. The number of hydrogen-bond acceptors (Lipinski definition) is 4. The molecule has 0 bridgehead atoms. The average Bonchev–Trinajstić information content (AvgIpc) is 2.83. The summed E-state index contributed by atoms with van der Waals surface area (Å²) in [6.07, 6.45) is 4.32. The lowest BCUT2D eigenvalue weighted by atomic mass is 10.2. The molecule has 5 heteroatoms. The molecule has 3 N–H and O–H groups in total. The van der Waals surface area contributed by atoms with Gasteiger partial charge in [-0.3, -0.25) is 9.58 Å². The molecule has 2 atom stereocenters. The number of hydrogen-bond donors (Lipinski definition) is 2. The van der Waals surface area contributed by atoms with Crippen LogP contribution >= 0.6 is 0 Å². The van der Waals surface area contributed by atoms with Gasteiger partial charge in [-0.15, -0.1) is 0 Å². The summed E-state index contributed by atoms with van der Waals surface area (Å²) in [5, 5.41) is 14.1. The van der Waals surface area contributed by atoms with Gasteiger partial charge in [0.2, 0.25) is 0 Å². The van der Waals surface area contributed by atoms with Crippen molar-refractivity contribution in [3.05, 3.63) is 18.5 Å². The zero-order chi connectivity index (χ0) is 10.7. The lowest BCUT2D eigenvalue weighted by Crippen LogP contribution is -2.24. The van der Waals surface area contributed by atoms with E-state index in [1.54, 1.807) is 6.20 Å². The number of likely N-dealkylation sites (tertiary alicyclic amines) is 1. The van der Waals surface area contributed by atoms with E-state index in [1.807, 2.05) is 16.9 Å². The first-order chi connectivity index (χ1) is 7.31. The van der Waals surface area contributed by atoms with Gasteiger partial charge in [-0.05, 0) is 25.6 Å². The Kier molecular flexibility index (Phi) is 3.35. The second-order valence-corrected chi connectivity index (χ2v) is 4.02. The van der Waals surface area contributed by atoms with Crippen LogP contribution in [0, 0.1) is 0 Å². The van der Waals surface area contributed by atoms with Gasteiger partial charge in [0.05, 0.1) is 12.1 Å². The highest BCUT2D eigenvalue weighted by molar-refractivity contribution is 4.91. The number of aliphatic hydroxyl groups excluding tert-OH is 1. The summed E-state index contributed by atoms with van der Waals surface area (Å²) in [6, 6.07) is 1.98. The van der Waals surface area contributed by atoms with Crippen molar-refractivity contribution in [1.82, 2.24) is 14.7 Å². The minimum atomic E-state index is -0.317. The number of nitrogens with zero attached hydrogens (tertiary/aromatic N) is 3. The van der Waals surface area contributed by atoms with Crippen molar-refractivity contribution in [3.8, 4) is 0 Å². The lowest BCUT2D eigenvalue weighted by Gasteiger charge is -2.15. The van der Waals surface area contributed by atoms with Gasteiger partial charge in [-0.2, -0.15) is 5.10 Å². The number of rotatable bonds is 4. The van der Waals surface area contributed by atoms with Crippen molar-refractivity contribution in [3.63, 3.8) is 0 Å². The second kappa shape index (κ2) is 4.74. The number of β-amino-alcohol motifs (C(OH)–C–C–N with tert-alkyl or cyclic N) is 1. The minimum absolute atomic E-state index is 0.0952. The smallest absolute Gasteiger partial charge is 0.0917 e. The van der Waals surface area contributed by atoms with Crippen LogP contribution in [-0.4, -0.2) is 52.1 Å². The van der Waals surface area contributed by atoms with Crippen LogP contribution in [0.5, 0.6) is 0 Å². The summed E-state index contributed by atoms with van der Waals surface area (Å²) in [6.45, 7) is 3.26. The molecule has 1 saturated heterocycles. The highest BCUT2D eigenvalue weighted by Crippen LogP contribution is 2.21. The van der Waals surface area contributed by atoms with Crippen molar-refractivity contribution >= 4 is 0 Å². The molecule has 5 nitrogen and oxygen atoms in total. The van der Waals surface area contributed by atoms with Crippen LogP contribution in [-0.2, 0) is 0 Å². The highest BCUT2D eigenvalue weighted by atomic mass is 16.3. The number of nitrogens with two attached hydrogens (primary N) is 1. The fourth-order valence-corrected chi connectivity index (χ4v) is 2.08. The van der Waals surface area contributed by atoms with Crippen LogP contribution in [0.1, 0.15) is 12.5 Å². The quantitative estimate of drug-likeness (QED) is 0.699. The minimum Gasteiger partial charge on any atom is -0.390 e. The Morgan fingerprint density at radius 2 is 2.33 bits per heavy atom. The number of aliphatic hydroxyl groups is 1. The van der Waals surface area contributed by atoms with Crippen molar-refractivity contribution < 1.29 is 5.11 Å². The average molecular weight is 210 g/mol. The van der Waals surface area contributed by atoms with Gasteiger partial charge in [-0.1, -0.05) is 0 Å². The maximum Gasteiger partial charge on any atom is 0.0917 e. The molecule has 2 rings (SSSR count). The predicted molar refractivity (Wildman–Crippen MR) is 57.4 cm³/mol. The lowest BCUT2D eigenvalue weighted by molar-refractivity contribution is 0.139. The molecule has 0 radical (unpaired) electrons. The van der Waals surface area contributed by atoms with E-state index in [1.165, 1.54) is 0 Å². The molecular formula is C10H18N4O. The highest BCUT2D eigenvalue weighted by Gasteiger charge is 2.32. The van der Waals surface area contributed by atoms with Crippen LogP contribution in [0.15, 0.2) is 18.5 Å². The molecule has 2 heterocycles. The van der Waals surface area contributed by atoms with E-state index < -0.39 is 0 Å². The van der Waals surface area contributed by atoms with Crippen LogP contribution in [0.2, 0.25) is 0 Å². The van der Waals surface area contributed by atoms with Crippen molar-refractivity contribution in [2.75, 3.05) is 26.2 Å². The van der Waals surface area contributed by atoms with Gasteiger partial charge in [0.1, 0.15) is 0 Å². The monoisotopic (exact) mass is 210 g/mol. The molecule has 1 aliphatic rings. The molecule has 0 unspecified atom stereocenters. The zero-order valence-corrected chi connectivity index (χ0v) is 8.79. The normalized spacial score (nSPS) is 27.3. The van der Waals surface area contributed by atoms with Crippen LogP contribution in [0.4, 0.5) is 0 Å². The fourth-order valence-electron chi connectivity index (χ4n) is 2.08. The fraction of sp³-hybridized carbons (Fsp3) is 0.700. The standard InChI is InChI=1S/C10H18N4O/c11-3-1-5-13-7-9(10(15)8-13)14-6-2-4-12-14/h2,4,6,9-10,15H,1,3,5,7-8,11H2/t9-,10+/m1/s1. The van der Waals surface area contributed by atoms with E-state index in [0.717, 1.165) is 26.1 Å². The molecule has 0 spiro atoms. The van der Waals surface area contributed by atoms with Gasteiger partial charge in [0.15, 0.2) is 0 Å². The Labute approximate surface area is 89.5 Å². The van der Waals surface area contributed by atoms with Crippen molar-refractivity contribution in [2.45, 2.75) is 18.6 Å². The topological polar surface area (TPSA) is 67.3 Å². The Morgan fingerprint density at radius 3 is 3.00 bits per heavy atom. The molecule has 1 aliphatic heterocycles. The summed E-state index contributed by atoms with van der Waals surface area (Å²) >= 11 is 0. The zero-order valence-electron chi connectivity index (χ0n) is 8.79. The Bertz CT molecular complexity index is 288. The first-order valence-corrected chi connectivity index (χ1v) is 5.41. The van der Waals surface area contributed by atoms with Crippen LogP contribution in [0.25, 0.3) is 0 Å². The Morgan fingerprint density at radius 1 is 1.47 bits per heavy atom. The van der Waals surface area contributed by atoms with E-state index >= 15 is 0 Å². The van der Waals surface area contributed by atoms with Gasteiger partial charge >= 0.3 is 0 Å². The second-order valence-electron chi connectivity index (χ2n) is 4.02. The molecule has 1 aromatic rings. The largest absolute Gasteiger partial charge is 0.390 e. The molecule has 1 aromatic heterocycles. The van der Waals surface area contributed by atoms with E-state index in [4.69, 9.17) is 5.73 Å². The first kappa shape index (κ1) is 10.6. The number of aromatic nitrogens is 2. The molecule has 0 saturated carbocycles. The van der Waals surface area contributed by atoms with Gasteiger partial charge in [0, 0.05) is 25.5 Å². The summed E-state index contributed by atoms with van der Waals surface area (Å²) in [5.74, 6) is 0. The SMILES string of the molecule is NCCCN1C[C@@H](n2cccn2)[C@@H](O)C1. The van der Waals surface area contributed by atoms with E-state index in [9.17, 15) is 5.11 Å². The third-order valence-corrected chi connectivity index (χ3v) is 2.88. The summed E-state index contributed by atoms with van der Waals surface area (Å²) < 4.78 is 1.84. The van der Waals surface area contributed by atoms with Crippen molar-refractivity contribution in [1.29, 1.82) is 0 Å². The van der Waals surface area contributed by atoms with Gasteiger partial charge < -0.3 is 10.8 Å². The van der Waals surface area contributed by atoms with E-state index in [-0.39, 0.29) is 12.1 Å². The third kappa shape index (κ3) is 2.37.